The first-order valence-electron chi connectivity index (χ1n) is 6.53. The highest BCUT2D eigenvalue weighted by Gasteiger charge is 2.21. The van der Waals surface area contributed by atoms with E-state index < -0.39 is 6.23 Å². The molecular formula is C13H30N2O2. The maximum absolute atomic E-state index is 9.10. The van der Waals surface area contributed by atoms with E-state index in [1.165, 1.54) is 0 Å². The van der Waals surface area contributed by atoms with Gasteiger partial charge in [0.25, 0.3) is 0 Å². The molecule has 0 aromatic carbocycles. The van der Waals surface area contributed by atoms with Crippen LogP contribution in [-0.2, 0) is 4.74 Å². The van der Waals surface area contributed by atoms with Gasteiger partial charge in [-0.05, 0) is 47.0 Å². The van der Waals surface area contributed by atoms with Crippen molar-refractivity contribution in [2.45, 2.75) is 71.2 Å². The van der Waals surface area contributed by atoms with Gasteiger partial charge < -0.3 is 15.6 Å². The minimum absolute atomic E-state index is 0.131. The van der Waals surface area contributed by atoms with E-state index in [-0.39, 0.29) is 11.1 Å². The molecule has 0 bridgehead atoms. The fourth-order valence-electron chi connectivity index (χ4n) is 1.39. The Labute approximate surface area is 106 Å². The standard InChI is InChI=1S/C13H30N2O2/c1-6-13(5,14)8-10-17-12(3,4)7-9-15-11(2)16/h11,15-16H,6-10,14H2,1-5H3. The van der Waals surface area contributed by atoms with Crippen LogP contribution in [0, 0.1) is 0 Å². The molecule has 0 heterocycles. The summed E-state index contributed by atoms with van der Waals surface area (Å²) in [6.07, 6.45) is 2.24. The minimum atomic E-state index is -0.460. The normalized spacial score (nSPS) is 17.8. The Morgan fingerprint density at radius 3 is 2.35 bits per heavy atom. The van der Waals surface area contributed by atoms with Crippen molar-refractivity contribution in [2.75, 3.05) is 13.2 Å². The lowest BCUT2D eigenvalue weighted by atomic mass is 9.96. The SMILES string of the molecule is CCC(C)(N)CCOC(C)(C)CCNC(C)O. The summed E-state index contributed by atoms with van der Waals surface area (Å²) < 4.78 is 5.85. The molecule has 0 aromatic rings. The van der Waals surface area contributed by atoms with Gasteiger partial charge >= 0.3 is 0 Å². The first-order chi connectivity index (χ1) is 7.68. The molecule has 0 amide bonds. The third-order valence-electron chi connectivity index (χ3n) is 3.14. The molecule has 17 heavy (non-hydrogen) atoms. The lowest BCUT2D eigenvalue weighted by Gasteiger charge is -2.29. The van der Waals surface area contributed by atoms with Gasteiger partial charge in [-0.25, -0.2) is 0 Å². The van der Waals surface area contributed by atoms with Crippen LogP contribution in [-0.4, -0.2) is 35.6 Å². The summed E-state index contributed by atoms with van der Waals surface area (Å²) in [6, 6.07) is 0. The van der Waals surface area contributed by atoms with E-state index in [2.05, 4.69) is 33.0 Å². The Morgan fingerprint density at radius 2 is 1.88 bits per heavy atom. The summed E-state index contributed by atoms with van der Waals surface area (Å²) in [7, 11) is 0. The van der Waals surface area contributed by atoms with Crippen LogP contribution in [0.15, 0.2) is 0 Å². The topological polar surface area (TPSA) is 67.5 Å². The molecule has 2 atom stereocenters. The second-order valence-electron chi connectivity index (χ2n) is 5.75. The van der Waals surface area contributed by atoms with Crippen molar-refractivity contribution >= 4 is 0 Å². The number of nitrogens with one attached hydrogen (secondary N) is 1. The van der Waals surface area contributed by atoms with Gasteiger partial charge in [-0.15, -0.1) is 0 Å². The Kier molecular flexibility index (Phi) is 7.24. The van der Waals surface area contributed by atoms with Gasteiger partial charge in [-0.1, -0.05) is 6.92 Å². The molecule has 0 aliphatic rings. The van der Waals surface area contributed by atoms with Gasteiger partial charge in [0.15, 0.2) is 0 Å². The van der Waals surface area contributed by atoms with Gasteiger partial charge in [-0.3, -0.25) is 5.32 Å². The lowest BCUT2D eigenvalue weighted by Crippen LogP contribution is -2.39. The molecule has 0 aliphatic carbocycles. The molecule has 0 rings (SSSR count). The zero-order chi connectivity index (χ0) is 13.5. The van der Waals surface area contributed by atoms with Crippen LogP contribution < -0.4 is 11.1 Å². The van der Waals surface area contributed by atoms with E-state index in [0.29, 0.717) is 6.61 Å². The molecule has 2 unspecified atom stereocenters. The summed E-state index contributed by atoms with van der Waals surface area (Å²) in [5.74, 6) is 0. The molecule has 0 aromatic heterocycles. The third-order valence-corrected chi connectivity index (χ3v) is 3.14. The van der Waals surface area contributed by atoms with Crippen LogP contribution in [0.3, 0.4) is 0 Å². The van der Waals surface area contributed by atoms with Crippen LogP contribution in [0.2, 0.25) is 0 Å². The molecule has 4 heteroatoms. The molecule has 0 radical (unpaired) electrons. The van der Waals surface area contributed by atoms with Gasteiger partial charge in [0.2, 0.25) is 0 Å². The second-order valence-corrected chi connectivity index (χ2v) is 5.75. The zero-order valence-corrected chi connectivity index (χ0v) is 12.0. The molecule has 0 fully saturated rings. The first-order valence-corrected chi connectivity index (χ1v) is 6.53. The highest BCUT2D eigenvalue weighted by molar-refractivity contribution is 4.77. The van der Waals surface area contributed by atoms with Gasteiger partial charge in [-0.2, -0.15) is 0 Å². The Balaban J connectivity index is 3.78. The Morgan fingerprint density at radius 1 is 1.29 bits per heavy atom. The highest BCUT2D eigenvalue weighted by Crippen LogP contribution is 2.17. The average Bonchev–Trinajstić information content (AvgIpc) is 2.16. The Hall–Kier alpha value is -0.160. The molecule has 0 aliphatic heterocycles. The maximum Gasteiger partial charge on any atom is 0.102 e. The van der Waals surface area contributed by atoms with Gasteiger partial charge in [0, 0.05) is 18.7 Å². The van der Waals surface area contributed by atoms with Gasteiger partial charge in [0.05, 0.1) is 5.60 Å². The average molecular weight is 246 g/mol. The fraction of sp³-hybridized carbons (Fsp3) is 1.00. The summed E-state index contributed by atoms with van der Waals surface area (Å²) in [5, 5.41) is 12.1. The number of aliphatic hydroxyl groups is 1. The van der Waals surface area contributed by atoms with Crippen molar-refractivity contribution in [2.24, 2.45) is 5.73 Å². The predicted octanol–water partition coefficient (Wildman–Crippen LogP) is 1.62. The quantitative estimate of drug-likeness (QED) is 0.541. The number of nitrogens with two attached hydrogens (primary N) is 1. The first kappa shape index (κ1) is 16.8. The number of rotatable bonds is 9. The minimum Gasteiger partial charge on any atom is -0.379 e. The van der Waals surface area contributed by atoms with Crippen LogP contribution in [0.4, 0.5) is 0 Å². The Bertz CT molecular complexity index is 204. The fourth-order valence-corrected chi connectivity index (χ4v) is 1.39. The van der Waals surface area contributed by atoms with E-state index in [4.69, 9.17) is 15.6 Å². The lowest BCUT2D eigenvalue weighted by molar-refractivity contribution is -0.0313. The molecule has 0 spiro atoms. The van der Waals surface area contributed by atoms with E-state index >= 15 is 0 Å². The number of hydrogen-bond acceptors (Lipinski definition) is 4. The number of ether oxygens (including phenoxy) is 1. The van der Waals surface area contributed by atoms with E-state index in [0.717, 1.165) is 25.8 Å². The molecule has 0 saturated carbocycles. The number of aliphatic hydroxyl groups excluding tert-OH is 1. The highest BCUT2D eigenvalue weighted by atomic mass is 16.5. The molecule has 0 saturated heterocycles. The van der Waals surface area contributed by atoms with Gasteiger partial charge in [0.1, 0.15) is 6.23 Å². The predicted molar refractivity (Wildman–Crippen MR) is 71.8 cm³/mol. The summed E-state index contributed by atoms with van der Waals surface area (Å²) >= 11 is 0. The largest absolute Gasteiger partial charge is 0.379 e. The molecule has 104 valence electrons. The van der Waals surface area contributed by atoms with Crippen LogP contribution in [0.5, 0.6) is 0 Å². The maximum atomic E-state index is 9.10. The van der Waals surface area contributed by atoms with Crippen molar-refractivity contribution in [1.82, 2.24) is 5.32 Å². The van der Waals surface area contributed by atoms with Crippen molar-refractivity contribution in [3.8, 4) is 0 Å². The zero-order valence-electron chi connectivity index (χ0n) is 12.0. The van der Waals surface area contributed by atoms with Crippen molar-refractivity contribution < 1.29 is 9.84 Å². The monoisotopic (exact) mass is 246 g/mol. The molecule has 4 N–H and O–H groups in total. The smallest absolute Gasteiger partial charge is 0.102 e. The van der Waals surface area contributed by atoms with Crippen molar-refractivity contribution in [3.05, 3.63) is 0 Å². The van der Waals surface area contributed by atoms with E-state index in [1.54, 1.807) is 6.92 Å². The van der Waals surface area contributed by atoms with Crippen LogP contribution in [0.1, 0.15) is 53.9 Å². The summed E-state index contributed by atoms with van der Waals surface area (Å²) in [6.45, 7) is 11.4. The van der Waals surface area contributed by atoms with Crippen molar-refractivity contribution in [1.29, 1.82) is 0 Å². The third kappa shape index (κ3) is 9.53. The van der Waals surface area contributed by atoms with Crippen LogP contribution in [0.25, 0.3) is 0 Å². The number of hydrogen-bond donors (Lipinski definition) is 3. The van der Waals surface area contributed by atoms with E-state index in [1.807, 2.05) is 0 Å². The molecule has 4 nitrogen and oxygen atoms in total. The summed E-state index contributed by atoms with van der Waals surface area (Å²) in [5.41, 5.74) is 5.75. The van der Waals surface area contributed by atoms with Crippen LogP contribution >= 0.6 is 0 Å². The summed E-state index contributed by atoms with van der Waals surface area (Å²) in [4.78, 5) is 0. The van der Waals surface area contributed by atoms with E-state index in [9.17, 15) is 0 Å². The second kappa shape index (κ2) is 7.31. The van der Waals surface area contributed by atoms with Crippen molar-refractivity contribution in [3.63, 3.8) is 0 Å². The molecular weight excluding hydrogens is 216 g/mol.